The lowest BCUT2D eigenvalue weighted by molar-refractivity contribution is 0.865. The van der Waals surface area contributed by atoms with Crippen LogP contribution >= 0.6 is 11.6 Å². The van der Waals surface area contributed by atoms with E-state index in [-0.39, 0.29) is 0 Å². The monoisotopic (exact) mass is 260 g/mol. The molecule has 0 fully saturated rings. The maximum atomic E-state index is 11.2. The van der Waals surface area contributed by atoms with Gasteiger partial charge in [0, 0.05) is 23.3 Å². The molecule has 1 unspecified atom stereocenters. The Labute approximate surface area is 111 Å². The van der Waals surface area contributed by atoms with Crippen LogP contribution in [0.15, 0.2) is 53.7 Å². The molecule has 0 saturated heterocycles. The molecule has 0 radical (unpaired) electrons. The Bertz CT molecular complexity index is 543. The van der Waals surface area contributed by atoms with Crippen LogP contribution in [-0.4, -0.2) is 7.05 Å². The molecule has 0 aliphatic heterocycles. The van der Waals surface area contributed by atoms with Gasteiger partial charge in [-0.1, -0.05) is 47.1 Å². The molecule has 0 amide bonds. The summed E-state index contributed by atoms with van der Waals surface area (Å²) in [5, 5.41) is 6.87. The smallest absolute Gasteiger partial charge is 0.144 e. The highest BCUT2D eigenvalue weighted by atomic mass is 35.5. The summed E-state index contributed by atoms with van der Waals surface area (Å²) in [4.78, 5) is 11.2. The van der Waals surface area contributed by atoms with Crippen molar-refractivity contribution in [2.45, 2.75) is 6.04 Å². The van der Waals surface area contributed by atoms with E-state index in [4.69, 9.17) is 11.6 Å². The van der Waals surface area contributed by atoms with Gasteiger partial charge in [0.2, 0.25) is 0 Å². The first-order valence-corrected chi connectivity index (χ1v) is 5.98. The van der Waals surface area contributed by atoms with Crippen LogP contribution in [0, 0.1) is 4.91 Å². The van der Waals surface area contributed by atoms with Crippen LogP contribution in [0.5, 0.6) is 0 Å². The van der Waals surface area contributed by atoms with Crippen LogP contribution in [0.4, 0.5) is 5.69 Å². The summed E-state index contributed by atoms with van der Waals surface area (Å²) >= 11 is 5.99. The number of benzene rings is 2. The number of nitroso groups, excluding NO2 is 1. The zero-order valence-corrected chi connectivity index (χ0v) is 10.7. The Morgan fingerprint density at radius 2 is 1.89 bits per heavy atom. The van der Waals surface area contributed by atoms with E-state index in [1.54, 1.807) is 19.2 Å². The molecule has 4 heteroatoms. The highest BCUT2D eigenvalue weighted by molar-refractivity contribution is 6.30. The van der Waals surface area contributed by atoms with Gasteiger partial charge in [-0.3, -0.25) is 0 Å². The average Bonchev–Trinajstić information content (AvgIpc) is 2.41. The molecule has 0 saturated carbocycles. The molecular formula is C14H13ClN2O. The van der Waals surface area contributed by atoms with Gasteiger partial charge in [0.1, 0.15) is 6.04 Å². The van der Waals surface area contributed by atoms with E-state index in [9.17, 15) is 4.91 Å². The predicted octanol–water partition coefficient (Wildman–Crippen LogP) is 4.24. The topological polar surface area (TPSA) is 41.5 Å². The van der Waals surface area contributed by atoms with Gasteiger partial charge in [0.25, 0.3) is 0 Å². The fourth-order valence-corrected chi connectivity index (χ4v) is 2.10. The van der Waals surface area contributed by atoms with Crippen LogP contribution in [0.25, 0.3) is 0 Å². The highest BCUT2D eigenvalue weighted by Gasteiger charge is 2.18. The summed E-state index contributed by atoms with van der Waals surface area (Å²) in [5.74, 6) is 0. The number of nitrogens with zero attached hydrogens (tertiary/aromatic N) is 1. The number of nitrogens with one attached hydrogen (secondary N) is 1. The molecule has 0 bridgehead atoms. The van der Waals surface area contributed by atoms with Crippen LogP contribution in [0.3, 0.4) is 0 Å². The van der Waals surface area contributed by atoms with Crippen LogP contribution in [-0.2, 0) is 0 Å². The van der Waals surface area contributed by atoms with Gasteiger partial charge in [-0.2, -0.15) is 0 Å². The Morgan fingerprint density at radius 3 is 2.50 bits per heavy atom. The zero-order valence-electron chi connectivity index (χ0n) is 9.93. The molecular weight excluding hydrogens is 248 g/mol. The molecule has 1 N–H and O–H groups in total. The SMILES string of the molecule is CNc1ccc(Cl)cc1C(N=O)c1ccccc1. The van der Waals surface area contributed by atoms with Gasteiger partial charge in [-0.05, 0) is 23.8 Å². The lowest BCUT2D eigenvalue weighted by atomic mass is 9.98. The third-order valence-electron chi connectivity index (χ3n) is 2.80. The van der Waals surface area contributed by atoms with Crippen LogP contribution < -0.4 is 5.32 Å². The number of hydrogen-bond acceptors (Lipinski definition) is 3. The average molecular weight is 261 g/mol. The summed E-state index contributed by atoms with van der Waals surface area (Å²) in [5.41, 5.74) is 2.49. The first-order valence-electron chi connectivity index (χ1n) is 5.61. The molecule has 1 atom stereocenters. The summed E-state index contributed by atoms with van der Waals surface area (Å²) < 4.78 is 0. The largest absolute Gasteiger partial charge is 0.388 e. The first-order chi connectivity index (χ1) is 8.76. The molecule has 2 aromatic carbocycles. The maximum Gasteiger partial charge on any atom is 0.144 e. The van der Waals surface area contributed by atoms with E-state index < -0.39 is 6.04 Å². The van der Waals surface area contributed by atoms with Crippen molar-refractivity contribution < 1.29 is 0 Å². The lowest BCUT2D eigenvalue weighted by Gasteiger charge is -2.15. The third-order valence-corrected chi connectivity index (χ3v) is 3.03. The van der Waals surface area contributed by atoms with Gasteiger partial charge < -0.3 is 5.32 Å². The van der Waals surface area contributed by atoms with Gasteiger partial charge in [-0.25, -0.2) is 0 Å². The van der Waals surface area contributed by atoms with E-state index in [2.05, 4.69) is 10.5 Å². The molecule has 0 aliphatic rings. The van der Waals surface area contributed by atoms with Crippen molar-refractivity contribution in [2.75, 3.05) is 12.4 Å². The minimum absolute atomic E-state index is 0.549. The van der Waals surface area contributed by atoms with Crippen LogP contribution in [0.1, 0.15) is 17.2 Å². The maximum absolute atomic E-state index is 11.2. The summed E-state index contributed by atoms with van der Waals surface area (Å²) in [6.45, 7) is 0. The van der Waals surface area contributed by atoms with Gasteiger partial charge >= 0.3 is 0 Å². The number of rotatable bonds is 4. The van der Waals surface area contributed by atoms with Gasteiger partial charge in [0.15, 0.2) is 0 Å². The second kappa shape index (κ2) is 5.65. The standard InChI is InChI=1S/C14H13ClN2O/c1-16-13-8-7-11(15)9-12(13)14(17-18)10-5-3-2-4-6-10/h2-9,14,16H,1H3. The van der Waals surface area contributed by atoms with Crippen molar-refractivity contribution in [3.8, 4) is 0 Å². The molecule has 0 aliphatic carbocycles. The quantitative estimate of drug-likeness (QED) is 0.836. The third kappa shape index (κ3) is 2.51. The Balaban J connectivity index is 2.51. The first kappa shape index (κ1) is 12.6. The highest BCUT2D eigenvalue weighted by Crippen LogP contribution is 2.33. The molecule has 0 spiro atoms. The lowest BCUT2D eigenvalue weighted by Crippen LogP contribution is -2.02. The van der Waals surface area contributed by atoms with Crippen LogP contribution in [0.2, 0.25) is 5.02 Å². The fraction of sp³-hybridized carbons (Fsp3) is 0.143. The van der Waals surface area contributed by atoms with E-state index in [0.717, 1.165) is 16.8 Å². The van der Waals surface area contributed by atoms with E-state index >= 15 is 0 Å². The summed E-state index contributed by atoms with van der Waals surface area (Å²) in [6.07, 6.45) is 0. The molecule has 3 nitrogen and oxygen atoms in total. The molecule has 0 aromatic heterocycles. The fourth-order valence-electron chi connectivity index (χ4n) is 1.92. The van der Waals surface area contributed by atoms with E-state index in [1.165, 1.54) is 0 Å². The molecule has 2 rings (SSSR count). The molecule has 0 heterocycles. The number of hydrogen-bond donors (Lipinski definition) is 1. The van der Waals surface area contributed by atoms with Crippen molar-refractivity contribution in [1.82, 2.24) is 0 Å². The van der Waals surface area contributed by atoms with Crippen molar-refractivity contribution >= 4 is 17.3 Å². The molecule has 92 valence electrons. The van der Waals surface area contributed by atoms with Crippen molar-refractivity contribution in [1.29, 1.82) is 0 Å². The zero-order chi connectivity index (χ0) is 13.0. The Hall–Kier alpha value is -1.87. The normalized spacial score (nSPS) is 11.9. The predicted molar refractivity (Wildman–Crippen MR) is 75.1 cm³/mol. The Kier molecular flexibility index (Phi) is 3.95. The van der Waals surface area contributed by atoms with E-state index in [0.29, 0.717) is 5.02 Å². The minimum Gasteiger partial charge on any atom is -0.388 e. The second-order valence-electron chi connectivity index (χ2n) is 3.90. The summed E-state index contributed by atoms with van der Waals surface area (Å²) in [7, 11) is 1.81. The van der Waals surface area contributed by atoms with Crippen molar-refractivity contribution in [3.63, 3.8) is 0 Å². The summed E-state index contributed by atoms with van der Waals surface area (Å²) in [6, 6.07) is 14.3. The van der Waals surface area contributed by atoms with Gasteiger partial charge in [0.05, 0.1) is 0 Å². The van der Waals surface area contributed by atoms with Gasteiger partial charge in [-0.15, -0.1) is 4.91 Å². The Morgan fingerprint density at radius 1 is 1.17 bits per heavy atom. The minimum atomic E-state index is -0.549. The number of halogens is 1. The molecule has 2 aromatic rings. The van der Waals surface area contributed by atoms with Crippen molar-refractivity contribution in [3.05, 3.63) is 69.6 Å². The number of anilines is 1. The van der Waals surface area contributed by atoms with Crippen molar-refractivity contribution in [2.24, 2.45) is 5.18 Å². The second-order valence-corrected chi connectivity index (χ2v) is 4.34. The molecule has 18 heavy (non-hydrogen) atoms. The van der Waals surface area contributed by atoms with E-state index in [1.807, 2.05) is 36.4 Å².